The van der Waals surface area contributed by atoms with E-state index in [0.29, 0.717) is 6.42 Å². The first-order valence-electron chi connectivity index (χ1n) is 11.2. The van der Waals surface area contributed by atoms with Crippen LogP contribution in [0, 0.1) is 0 Å². The Bertz CT molecular complexity index is 410. The highest BCUT2D eigenvalue weighted by Gasteiger charge is 2.23. The van der Waals surface area contributed by atoms with E-state index in [9.17, 15) is 4.79 Å². The van der Waals surface area contributed by atoms with E-state index in [2.05, 4.69) is 23.6 Å². The minimum Gasteiger partial charge on any atom is -0.460 e. The number of rotatable bonds is 14. The van der Waals surface area contributed by atoms with Crippen molar-refractivity contribution >= 4 is 27.6 Å². The van der Waals surface area contributed by atoms with Gasteiger partial charge in [-0.3, -0.25) is 14.6 Å². The number of esters is 1. The van der Waals surface area contributed by atoms with Crippen LogP contribution in [0.1, 0.15) is 58.8 Å². The van der Waals surface area contributed by atoms with E-state index < -0.39 is 0 Å². The summed E-state index contributed by atoms with van der Waals surface area (Å²) in [5.74, 6) is 1.27. The molecule has 0 N–H and O–H groups in total. The Morgan fingerprint density at radius 3 is 2.61 bits per heavy atom. The first kappa shape index (κ1) is 24.3. The zero-order chi connectivity index (χ0) is 20.0. The van der Waals surface area contributed by atoms with Crippen molar-refractivity contribution in [1.29, 1.82) is 0 Å². The van der Waals surface area contributed by atoms with Gasteiger partial charge in [0, 0.05) is 43.6 Å². The van der Waals surface area contributed by atoms with Gasteiger partial charge in [-0.25, -0.2) is 0 Å². The van der Waals surface area contributed by atoms with Crippen molar-refractivity contribution in [2.45, 2.75) is 70.1 Å². The van der Waals surface area contributed by atoms with Crippen LogP contribution in [0.15, 0.2) is 0 Å². The molecule has 2 rings (SSSR count). The van der Waals surface area contributed by atoms with Gasteiger partial charge < -0.3 is 9.47 Å². The number of ether oxygens (including phenoxy) is 2. The second-order valence-corrected chi connectivity index (χ2v) is 10.7. The molecular formula is C21H40N2O3S2. The summed E-state index contributed by atoms with van der Waals surface area (Å²) in [5.41, 5.74) is 0. The molecule has 7 heteroatoms. The molecule has 2 fully saturated rings. The van der Waals surface area contributed by atoms with Gasteiger partial charge in [0.05, 0.1) is 13.2 Å². The minimum absolute atomic E-state index is 0.0142. The lowest BCUT2D eigenvalue weighted by atomic mass is 10.1. The van der Waals surface area contributed by atoms with Gasteiger partial charge in [-0.15, -0.1) is 0 Å². The summed E-state index contributed by atoms with van der Waals surface area (Å²) in [6.07, 6.45) is 7.45. The number of hydrogen-bond acceptors (Lipinski definition) is 7. The van der Waals surface area contributed by atoms with Gasteiger partial charge in [0.25, 0.3) is 0 Å². The molecule has 0 radical (unpaired) electrons. The van der Waals surface area contributed by atoms with Crippen molar-refractivity contribution in [2.75, 3.05) is 58.2 Å². The first-order valence-corrected chi connectivity index (χ1v) is 13.6. The van der Waals surface area contributed by atoms with Gasteiger partial charge >= 0.3 is 5.97 Å². The predicted molar refractivity (Wildman–Crippen MR) is 121 cm³/mol. The molecule has 5 nitrogen and oxygen atoms in total. The molecule has 0 amide bonds. The lowest BCUT2D eigenvalue weighted by Crippen LogP contribution is -2.46. The van der Waals surface area contributed by atoms with Crippen molar-refractivity contribution < 1.29 is 14.3 Å². The van der Waals surface area contributed by atoms with Crippen LogP contribution in [0.3, 0.4) is 0 Å². The van der Waals surface area contributed by atoms with Gasteiger partial charge in [0.2, 0.25) is 0 Å². The van der Waals surface area contributed by atoms with Crippen LogP contribution in [-0.4, -0.2) is 85.4 Å². The topological polar surface area (TPSA) is 42.0 Å². The van der Waals surface area contributed by atoms with E-state index in [1.807, 2.05) is 21.6 Å². The Morgan fingerprint density at radius 1 is 1.21 bits per heavy atom. The molecule has 1 unspecified atom stereocenters. The van der Waals surface area contributed by atoms with Crippen molar-refractivity contribution in [2.24, 2.45) is 0 Å². The summed E-state index contributed by atoms with van der Waals surface area (Å²) in [5, 5.41) is 0.798. The predicted octanol–water partition coefficient (Wildman–Crippen LogP) is 4.07. The highest BCUT2D eigenvalue weighted by Crippen LogP contribution is 2.39. The standard InChI is InChI=1S/C21H40N2O3S2/c1-3-10-22(11-4-2)17-19(18-23-12-14-25-15-13-23)26-21(24)8-6-5-7-20-9-16-27-28-20/h19-20H,3-18H2,1-2H3/t19?,20-/m1/s1. The maximum Gasteiger partial charge on any atom is 0.306 e. The molecule has 0 aromatic carbocycles. The van der Waals surface area contributed by atoms with Crippen molar-refractivity contribution in [3.8, 4) is 0 Å². The Balaban J connectivity index is 1.75. The van der Waals surface area contributed by atoms with E-state index in [4.69, 9.17) is 9.47 Å². The number of carbonyl (C=O) groups excluding carboxylic acids is 1. The molecule has 0 bridgehead atoms. The Kier molecular flexibility index (Phi) is 13.0. The maximum atomic E-state index is 12.5. The Morgan fingerprint density at radius 2 is 1.96 bits per heavy atom. The van der Waals surface area contributed by atoms with Gasteiger partial charge in [-0.2, -0.15) is 0 Å². The normalized spacial score (nSPS) is 21.9. The number of carbonyl (C=O) groups is 1. The van der Waals surface area contributed by atoms with E-state index in [0.717, 1.165) is 83.4 Å². The summed E-state index contributed by atoms with van der Waals surface area (Å²) in [6, 6.07) is 0. The molecule has 2 heterocycles. The lowest BCUT2D eigenvalue weighted by Gasteiger charge is -2.33. The van der Waals surface area contributed by atoms with Crippen molar-refractivity contribution in [3.63, 3.8) is 0 Å². The van der Waals surface area contributed by atoms with Gasteiger partial charge in [0.1, 0.15) is 6.10 Å². The minimum atomic E-state index is -0.0366. The molecular weight excluding hydrogens is 392 g/mol. The van der Waals surface area contributed by atoms with E-state index in [-0.39, 0.29) is 12.1 Å². The molecule has 2 atom stereocenters. The van der Waals surface area contributed by atoms with Crippen LogP contribution in [-0.2, 0) is 14.3 Å². The third-order valence-corrected chi connectivity index (χ3v) is 8.30. The van der Waals surface area contributed by atoms with E-state index in [1.54, 1.807) is 0 Å². The van der Waals surface area contributed by atoms with Crippen molar-refractivity contribution in [3.05, 3.63) is 0 Å². The third kappa shape index (κ3) is 10.2. The molecule has 0 aliphatic carbocycles. The zero-order valence-electron chi connectivity index (χ0n) is 17.9. The second kappa shape index (κ2) is 14.9. The summed E-state index contributed by atoms with van der Waals surface area (Å²) < 4.78 is 11.4. The van der Waals surface area contributed by atoms with Crippen LogP contribution in [0.2, 0.25) is 0 Å². The smallest absolute Gasteiger partial charge is 0.306 e. The fourth-order valence-corrected chi connectivity index (χ4v) is 6.90. The third-order valence-electron chi connectivity index (χ3n) is 5.29. The highest BCUT2D eigenvalue weighted by molar-refractivity contribution is 8.77. The van der Waals surface area contributed by atoms with Gasteiger partial charge in [-0.1, -0.05) is 41.9 Å². The molecule has 164 valence electrons. The zero-order valence-corrected chi connectivity index (χ0v) is 19.5. The molecule has 0 aromatic rings. The summed E-state index contributed by atoms with van der Waals surface area (Å²) >= 11 is 0. The molecule has 0 aromatic heterocycles. The summed E-state index contributed by atoms with van der Waals surface area (Å²) in [4.78, 5) is 17.3. The SMILES string of the molecule is CCCN(CCC)CC(CN1CCOCC1)OC(=O)CCCC[C@@H]1CCSS1. The fourth-order valence-electron chi connectivity index (χ4n) is 3.87. The molecule has 28 heavy (non-hydrogen) atoms. The number of morpholine rings is 1. The molecule has 0 spiro atoms. The van der Waals surface area contributed by atoms with Crippen LogP contribution >= 0.6 is 21.6 Å². The average molecular weight is 433 g/mol. The van der Waals surface area contributed by atoms with Gasteiger partial charge in [-0.05, 0) is 45.2 Å². The number of unbranched alkanes of at least 4 members (excludes halogenated alkanes) is 1. The lowest BCUT2D eigenvalue weighted by molar-refractivity contribution is -0.151. The number of hydrogen-bond donors (Lipinski definition) is 0. The quantitative estimate of drug-likeness (QED) is 0.233. The van der Waals surface area contributed by atoms with E-state index in [1.165, 1.54) is 18.6 Å². The highest BCUT2D eigenvalue weighted by atomic mass is 33.1. The van der Waals surface area contributed by atoms with E-state index >= 15 is 0 Å². The maximum absolute atomic E-state index is 12.5. The molecule has 2 aliphatic rings. The van der Waals surface area contributed by atoms with Gasteiger partial charge in [0.15, 0.2) is 0 Å². The summed E-state index contributed by atoms with van der Waals surface area (Å²) in [7, 11) is 4.02. The Hall–Kier alpha value is 0.0500. The molecule has 0 saturated carbocycles. The van der Waals surface area contributed by atoms with Crippen LogP contribution in [0.4, 0.5) is 0 Å². The largest absolute Gasteiger partial charge is 0.460 e. The first-order chi connectivity index (χ1) is 13.7. The molecule has 2 aliphatic heterocycles. The van der Waals surface area contributed by atoms with Crippen LogP contribution < -0.4 is 0 Å². The number of nitrogens with zero attached hydrogens (tertiary/aromatic N) is 2. The average Bonchev–Trinajstić information content (AvgIpc) is 3.20. The van der Waals surface area contributed by atoms with Crippen molar-refractivity contribution in [1.82, 2.24) is 9.80 Å². The Labute approximate surface area is 180 Å². The monoisotopic (exact) mass is 432 g/mol. The molecule has 2 saturated heterocycles. The van der Waals surface area contributed by atoms with Crippen LogP contribution in [0.5, 0.6) is 0 Å². The summed E-state index contributed by atoms with van der Waals surface area (Å²) in [6.45, 7) is 11.7. The fraction of sp³-hybridized carbons (Fsp3) is 0.952. The second-order valence-electron chi connectivity index (χ2n) is 7.90. The van der Waals surface area contributed by atoms with Crippen LogP contribution in [0.25, 0.3) is 0 Å².